The molecule has 0 rings (SSSR count). The van der Waals surface area contributed by atoms with E-state index in [1.165, 1.54) is 0 Å². The maximum atomic E-state index is 9.72. The molecule has 11 heteroatoms. The van der Waals surface area contributed by atoms with Crippen molar-refractivity contribution in [2.24, 2.45) is 0 Å². The summed E-state index contributed by atoms with van der Waals surface area (Å²) in [4.78, 5) is 0. The predicted molar refractivity (Wildman–Crippen MR) is 51.2 cm³/mol. The summed E-state index contributed by atoms with van der Waals surface area (Å²) in [6, 6.07) is 0. The lowest BCUT2D eigenvalue weighted by Gasteiger charge is -1.82. The van der Waals surface area contributed by atoms with Crippen molar-refractivity contribution in [3.63, 3.8) is 0 Å². The highest BCUT2D eigenvalue weighted by atomic mass is 32.2. The molecule has 0 aliphatic heterocycles. The van der Waals surface area contributed by atoms with Crippen molar-refractivity contribution in [2.45, 2.75) is 6.68 Å². The summed E-state index contributed by atoms with van der Waals surface area (Å²) in [6.07, 6.45) is 1.84. The van der Waals surface area contributed by atoms with Gasteiger partial charge in [0.15, 0.2) is 0 Å². The minimum Gasteiger partial charge on any atom is -0.286 e. The summed E-state index contributed by atoms with van der Waals surface area (Å²) < 4.78 is 82.2. The number of halogens is 3. The van der Waals surface area contributed by atoms with Crippen molar-refractivity contribution in [2.75, 3.05) is 12.0 Å². The molecule has 0 saturated heterocycles. The minimum absolute atomic E-state index is 0.368. The van der Waals surface area contributed by atoms with E-state index in [-0.39, 0.29) is 5.75 Å². The average molecular weight is 288 g/mol. The summed E-state index contributed by atoms with van der Waals surface area (Å²) in [7, 11) is -7.46. The Bertz CT molecular complexity index is 349. The molecule has 0 bridgehead atoms. The van der Waals surface area contributed by atoms with Gasteiger partial charge in [0.2, 0.25) is 0 Å². The van der Waals surface area contributed by atoms with Crippen LogP contribution in [-0.2, 0) is 20.2 Å². The highest BCUT2D eigenvalue weighted by Crippen LogP contribution is 1.87. The van der Waals surface area contributed by atoms with E-state index in [0.29, 0.717) is 6.26 Å². The molecule has 0 unspecified atom stereocenters. The summed E-state index contributed by atoms with van der Waals surface area (Å²) in [5.74, 6) is -0.368. The van der Waals surface area contributed by atoms with E-state index in [9.17, 15) is 30.0 Å². The van der Waals surface area contributed by atoms with Crippen LogP contribution in [0, 0.1) is 0 Å². The van der Waals surface area contributed by atoms with Gasteiger partial charge in [-0.2, -0.15) is 30.0 Å². The molecule has 0 aliphatic rings. The van der Waals surface area contributed by atoms with Crippen LogP contribution in [0.2, 0.25) is 0 Å². The van der Waals surface area contributed by atoms with Crippen LogP contribution in [0.4, 0.5) is 13.2 Å². The van der Waals surface area contributed by atoms with Crippen molar-refractivity contribution < 1.29 is 39.1 Å². The Morgan fingerprint density at radius 3 is 1.38 bits per heavy atom. The second-order valence-corrected chi connectivity index (χ2v) is 4.98. The van der Waals surface area contributed by atoms with Gasteiger partial charge in [0, 0.05) is 0 Å². The predicted octanol–water partition coefficient (Wildman–Crippen LogP) is 0.743. The topological polar surface area (TPSA) is 109 Å². The highest BCUT2D eigenvalue weighted by molar-refractivity contribution is 7.86. The van der Waals surface area contributed by atoms with Crippen molar-refractivity contribution >= 4 is 20.2 Å². The Kier molecular flexibility index (Phi) is 12.4. The molecule has 0 fully saturated rings. The van der Waals surface area contributed by atoms with Crippen LogP contribution in [0.3, 0.4) is 0 Å². The normalized spacial score (nSPS) is 10.7. The average Bonchev–Trinajstić information content (AvgIpc) is 1.76. The smallest absolute Gasteiger partial charge is 0.286 e. The van der Waals surface area contributed by atoms with Gasteiger partial charge in [-0.1, -0.05) is 6.08 Å². The standard InChI is InChI=1S/C3H6O3S.CHF3.CH4O3S/c1-2-3-7(4,5)6;2-1(3)4;1-5(2,3)4/h2H,1,3H2,(H,4,5,6);1H;1H3,(H,2,3,4). The molecule has 0 heterocycles. The van der Waals surface area contributed by atoms with Crippen molar-refractivity contribution in [1.82, 2.24) is 0 Å². The Hall–Kier alpha value is -0.650. The van der Waals surface area contributed by atoms with Crippen LogP contribution in [0.5, 0.6) is 0 Å². The van der Waals surface area contributed by atoms with Gasteiger partial charge in [-0.3, -0.25) is 9.11 Å². The molecule has 0 atom stereocenters. The third-order valence-corrected chi connectivity index (χ3v) is 0.985. The van der Waals surface area contributed by atoms with E-state index in [2.05, 4.69) is 6.58 Å². The maximum absolute atomic E-state index is 9.72. The summed E-state index contributed by atoms with van der Waals surface area (Å²) >= 11 is 0. The molecule has 0 aromatic carbocycles. The molecule has 0 saturated carbocycles. The molecule has 100 valence electrons. The zero-order valence-electron chi connectivity index (χ0n) is 8.05. The third kappa shape index (κ3) is 181. The monoisotopic (exact) mass is 288 g/mol. The molecule has 0 spiro atoms. The first-order valence-electron chi connectivity index (χ1n) is 3.20. The van der Waals surface area contributed by atoms with Gasteiger partial charge in [0.1, 0.15) is 0 Å². The lowest BCUT2D eigenvalue weighted by atomic mass is 10.8. The molecule has 0 aromatic rings. The lowest BCUT2D eigenvalue weighted by Crippen LogP contribution is -1.99. The van der Waals surface area contributed by atoms with Gasteiger partial charge in [0.25, 0.3) is 20.2 Å². The number of alkyl halides is 3. The zero-order chi connectivity index (χ0) is 14.0. The van der Waals surface area contributed by atoms with Crippen LogP contribution >= 0.6 is 0 Å². The molecule has 16 heavy (non-hydrogen) atoms. The van der Waals surface area contributed by atoms with E-state index >= 15 is 0 Å². The summed E-state index contributed by atoms with van der Waals surface area (Å²) in [6.45, 7) is -0.560. The zero-order valence-corrected chi connectivity index (χ0v) is 9.68. The van der Waals surface area contributed by atoms with E-state index in [1.54, 1.807) is 0 Å². The fourth-order valence-electron chi connectivity index (χ4n) is 0.149. The fourth-order valence-corrected chi connectivity index (χ4v) is 0.447. The minimum atomic E-state index is -3.79. The SMILES string of the molecule is C=CCS(=O)(=O)O.CS(=O)(=O)O.FC(F)F. The first-order chi connectivity index (χ1) is 6.79. The second-order valence-electron chi connectivity index (χ2n) is 2.02. The second kappa shape index (κ2) is 9.57. The van der Waals surface area contributed by atoms with E-state index in [0.717, 1.165) is 6.08 Å². The largest absolute Gasteiger partial charge is 0.379 e. The molecule has 0 amide bonds. The van der Waals surface area contributed by atoms with Crippen LogP contribution < -0.4 is 0 Å². The fraction of sp³-hybridized carbons (Fsp3) is 0.600. The first kappa shape index (κ1) is 20.7. The molecular weight excluding hydrogens is 277 g/mol. The first-order valence-corrected chi connectivity index (χ1v) is 6.66. The van der Waals surface area contributed by atoms with Gasteiger partial charge in [-0.05, 0) is 0 Å². The third-order valence-electron chi connectivity index (χ3n) is 0.328. The van der Waals surface area contributed by atoms with Gasteiger partial charge >= 0.3 is 6.68 Å². The summed E-state index contributed by atoms with van der Waals surface area (Å²) in [5.41, 5.74) is 0. The van der Waals surface area contributed by atoms with E-state index in [1.807, 2.05) is 0 Å². The quantitative estimate of drug-likeness (QED) is 0.573. The summed E-state index contributed by atoms with van der Waals surface area (Å²) in [5, 5.41) is 0. The Morgan fingerprint density at radius 2 is 1.38 bits per heavy atom. The van der Waals surface area contributed by atoms with E-state index in [4.69, 9.17) is 9.11 Å². The lowest BCUT2D eigenvalue weighted by molar-refractivity contribution is 0.00819. The van der Waals surface area contributed by atoms with Crippen molar-refractivity contribution in [3.05, 3.63) is 12.7 Å². The highest BCUT2D eigenvalue weighted by Gasteiger charge is 1.95. The maximum Gasteiger partial charge on any atom is 0.379 e. The molecule has 0 aromatic heterocycles. The van der Waals surface area contributed by atoms with Gasteiger partial charge in [-0.25, -0.2) is 0 Å². The van der Waals surface area contributed by atoms with Gasteiger partial charge < -0.3 is 0 Å². The molecule has 0 aliphatic carbocycles. The molecular formula is C5H11F3O6S2. The number of hydrogen-bond donors (Lipinski definition) is 2. The molecule has 0 radical (unpaired) electrons. The number of hydrogen-bond acceptors (Lipinski definition) is 4. The Labute approximate surface area is 91.3 Å². The van der Waals surface area contributed by atoms with E-state index < -0.39 is 26.9 Å². The van der Waals surface area contributed by atoms with Crippen LogP contribution in [0.25, 0.3) is 0 Å². The Balaban J connectivity index is -0.000000166. The van der Waals surface area contributed by atoms with Gasteiger partial charge in [0.05, 0.1) is 12.0 Å². The van der Waals surface area contributed by atoms with Crippen LogP contribution in [-0.4, -0.2) is 44.6 Å². The van der Waals surface area contributed by atoms with Gasteiger partial charge in [-0.15, -0.1) is 6.58 Å². The van der Waals surface area contributed by atoms with Crippen LogP contribution in [0.15, 0.2) is 12.7 Å². The van der Waals surface area contributed by atoms with Crippen molar-refractivity contribution in [1.29, 1.82) is 0 Å². The molecule has 2 N–H and O–H groups in total. The Morgan fingerprint density at radius 1 is 1.19 bits per heavy atom. The van der Waals surface area contributed by atoms with Crippen LogP contribution in [0.1, 0.15) is 0 Å². The van der Waals surface area contributed by atoms with Crippen molar-refractivity contribution in [3.8, 4) is 0 Å². The number of rotatable bonds is 2. The molecule has 6 nitrogen and oxygen atoms in total.